The van der Waals surface area contributed by atoms with Crippen molar-refractivity contribution in [3.63, 3.8) is 0 Å². The Bertz CT molecular complexity index is 679. The molecule has 0 radical (unpaired) electrons. The summed E-state index contributed by atoms with van der Waals surface area (Å²) < 4.78 is 5.53. The molecular weight excluding hydrogens is 376 g/mol. The van der Waals surface area contributed by atoms with Crippen molar-refractivity contribution in [2.24, 2.45) is 10.8 Å². The van der Waals surface area contributed by atoms with E-state index in [1.807, 2.05) is 19.9 Å². The van der Waals surface area contributed by atoms with Crippen LogP contribution >= 0.6 is 11.6 Å². The van der Waals surface area contributed by atoms with Crippen LogP contribution in [0.2, 0.25) is 0 Å². The molecule has 1 atom stereocenters. The molecule has 0 aliphatic heterocycles. The number of hydrogen-bond acceptors (Lipinski definition) is 1. The molecule has 0 spiro atoms. The molecule has 0 aromatic heterocycles. The highest BCUT2D eigenvalue weighted by Crippen LogP contribution is 2.43. The van der Waals surface area contributed by atoms with E-state index in [4.69, 9.17) is 16.3 Å². The monoisotopic (exact) mass is 416 g/mol. The van der Waals surface area contributed by atoms with Crippen molar-refractivity contribution in [3.05, 3.63) is 77.9 Å². The lowest BCUT2D eigenvalue weighted by atomic mass is 9.69. The van der Waals surface area contributed by atoms with E-state index in [2.05, 4.69) is 79.0 Å². The molecule has 0 aliphatic rings. The second-order valence-corrected chi connectivity index (χ2v) is 9.79. The molecule has 1 aromatic carbocycles. The van der Waals surface area contributed by atoms with Gasteiger partial charge in [-0.15, -0.1) is 0 Å². The third-order valence-electron chi connectivity index (χ3n) is 4.53. The van der Waals surface area contributed by atoms with Crippen molar-refractivity contribution in [2.75, 3.05) is 6.61 Å². The lowest BCUT2D eigenvalue weighted by Gasteiger charge is -2.36. The van der Waals surface area contributed by atoms with Crippen LogP contribution in [0, 0.1) is 10.8 Å². The summed E-state index contributed by atoms with van der Waals surface area (Å²) in [4.78, 5) is 0. The van der Waals surface area contributed by atoms with E-state index >= 15 is 0 Å². The molecule has 0 heterocycles. The highest BCUT2D eigenvalue weighted by atomic mass is 35.5. The zero-order valence-corrected chi connectivity index (χ0v) is 20.6. The second-order valence-electron chi connectivity index (χ2n) is 9.38. The van der Waals surface area contributed by atoms with Crippen LogP contribution < -0.4 is 4.74 Å². The Labute approximate surface area is 185 Å². The highest BCUT2D eigenvalue weighted by molar-refractivity contribution is 6.32. The van der Waals surface area contributed by atoms with Crippen LogP contribution in [0.5, 0.6) is 5.75 Å². The zero-order chi connectivity index (χ0) is 22.7. The number of allylic oxidation sites excluding steroid dienone is 6. The van der Waals surface area contributed by atoms with Gasteiger partial charge in [0.1, 0.15) is 5.75 Å². The molecule has 0 saturated carbocycles. The molecular formula is C27H41ClO. The largest absolute Gasteiger partial charge is 0.494 e. The van der Waals surface area contributed by atoms with Crippen LogP contribution in [-0.2, 0) is 0 Å². The van der Waals surface area contributed by atoms with Gasteiger partial charge in [0.25, 0.3) is 0 Å². The van der Waals surface area contributed by atoms with Gasteiger partial charge in [-0.1, -0.05) is 96.7 Å². The maximum absolute atomic E-state index is 5.80. The molecule has 162 valence electrons. The Morgan fingerprint density at radius 2 is 1.62 bits per heavy atom. The first-order valence-electron chi connectivity index (χ1n) is 10.4. The summed E-state index contributed by atoms with van der Waals surface area (Å²) in [6.45, 7) is 25.8. The Balaban J connectivity index is 0.000000665. The summed E-state index contributed by atoms with van der Waals surface area (Å²) in [5.74, 6) is 1.54. The first-order valence-corrected chi connectivity index (χ1v) is 10.8. The smallest absolute Gasteiger partial charge is 0.119 e. The minimum Gasteiger partial charge on any atom is -0.494 e. The Hall–Kier alpha value is -1.73. The molecule has 0 amide bonds. The van der Waals surface area contributed by atoms with Crippen LogP contribution in [0.15, 0.2) is 72.3 Å². The zero-order valence-electron chi connectivity index (χ0n) is 19.8. The van der Waals surface area contributed by atoms with Crippen molar-refractivity contribution in [1.29, 1.82) is 0 Å². The van der Waals surface area contributed by atoms with E-state index in [0.717, 1.165) is 17.9 Å². The average Bonchev–Trinajstić information content (AvgIpc) is 2.61. The molecule has 1 rings (SSSR count). The van der Waals surface area contributed by atoms with Crippen molar-refractivity contribution < 1.29 is 4.74 Å². The maximum atomic E-state index is 5.80. The molecule has 0 fully saturated rings. The number of halogens is 1. The predicted octanol–water partition coefficient (Wildman–Crippen LogP) is 9.08. The molecule has 1 unspecified atom stereocenters. The average molecular weight is 417 g/mol. The Kier molecular flexibility index (Phi) is 12.0. The fourth-order valence-corrected chi connectivity index (χ4v) is 3.33. The van der Waals surface area contributed by atoms with Crippen LogP contribution in [-0.4, -0.2) is 6.61 Å². The lowest BCUT2D eigenvalue weighted by molar-refractivity contribution is 0.229. The minimum atomic E-state index is 0.278. The third-order valence-corrected chi connectivity index (χ3v) is 4.87. The third kappa shape index (κ3) is 11.1. The van der Waals surface area contributed by atoms with Gasteiger partial charge in [0, 0.05) is 5.03 Å². The van der Waals surface area contributed by atoms with Gasteiger partial charge in [0.15, 0.2) is 0 Å². The van der Waals surface area contributed by atoms with Crippen molar-refractivity contribution in [3.8, 4) is 5.75 Å². The van der Waals surface area contributed by atoms with Gasteiger partial charge in [-0.25, -0.2) is 0 Å². The quantitative estimate of drug-likeness (QED) is 0.402. The summed E-state index contributed by atoms with van der Waals surface area (Å²) in [7, 11) is 0. The molecule has 1 nitrogen and oxygen atoms in total. The van der Waals surface area contributed by atoms with E-state index in [-0.39, 0.29) is 5.41 Å². The fraction of sp³-hybridized carbons (Fsp3) is 0.481. The van der Waals surface area contributed by atoms with E-state index in [1.165, 1.54) is 12.0 Å². The summed E-state index contributed by atoms with van der Waals surface area (Å²) in [5, 5.41) is 0.674. The van der Waals surface area contributed by atoms with Gasteiger partial charge in [0.05, 0.1) is 6.61 Å². The fourth-order valence-electron chi connectivity index (χ4n) is 3.05. The van der Waals surface area contributed by atoms with E-state index in [0.29, 0.717) is 16.4 Å². The SMILES string of the molecule is C=C/C=C(Cl)\C(C=C)=C/C.CCOc1ccc(C(CC(C)(C)C)C(C)(C)C)cc1. The number of rotatable bonds is 7. The van der Waals surface area contributed by atoms with Crippen LogP contribution in [0.25, 0.3) is 0 Å². The predicted molar refractivity (Wildman–Crippen MR) is 132 cm³/mol. The lowest BCUT2D eigenvalue weighted by Crippen LogP contribution is -2.23. The Morgan fingerprint density at radius 1 is 1.07 bits per heavy atom. The van der Waals surface area contributed by atoms with Gasteiger partial charge >= 0.3 is 0 Å². The van der Waals surface area contributed by atoms with Gasteiger partial charge in [-0.2, -0.15) is 0 Å². The summed E-state index contributed by atoms with van der Waals surface area (Å²) in [6, 6.07) is 8.65. The highest BCUT2D eigenvalue weighted by Gasteiger charge is 2.30. The number of ether oxygens (including phenoxy) is 1. The van der Waals surface area contributed by atoms with Crippen LogP contribution in [0.3, 0.4) is 0 Å². The van der Waals surface area contributed by atoms with E-state index in [9.17, 15) is 0 Å². The van der Waals surface area contributed by atoms with Crippen molar-refractivity contribution >= 4 is 11.6 Å². The van der Waals surface area contributed by atoms with Crippen LogP contribution in [0.4, 0.5) is 0 Å². The molecule has 1 aromatic rings. The minimum absolute atomic E-state index is 0.278. The molecule has 0 aliphatic carbocycles. The van der Waals surface area contributed by atoms with E-state index < -0.39 is 0 Å². The van der Waals surface area contributed by atoms with Gasteiger partial charge in [-0.3, -0.25) is 0 Å². The first-order chi connectivity index (χ1) is 13.4. The standard InChI is InChI=1S/C18H30O.C9H11Cl/c1-8-19-15-11-9-14(10-12-15)16(18(5,6)7)13-17(2,3)4;1-4-7-9(10)8(5-2)6-3/h9-12,16H,8,13H2,1-7H3;4-7H,1-2H2,3H3/b;8-6-,9-7+. The summed E-state index contributed by atoms with van der Waals surface area (Å²) >= 11 is 5.80. The molecule has 0 N–H and O–H groups in total. The van der Waals surface area contributed by atoms with Gasteiger partial charge in [0.2, 0.25) is 0 Å². The van der Waals surface area contributed by atoms with Crippen molar-refractivity contribution in [2.45, 2.75) is 67.7 Å². The number of hydrogen-bond donors (Lipinski definition) is 0. The summed E-state index contributed by atoms with van der Waals surface area (Å²) in [5.41, 5.74) is 2.98. The topological polar surface area (TPSA) is 9.23 Å². The van der Waals surface area contributed by atoms with Gasteiger partial charge < -0.3 is 4.74 Å². The number of benzene rings is 1. The Morgan fingerprint density at radius 3 is 1.97 bits per heavy atom. The summed E-state index contributed by atoms with van der Waals surface area (Å²) in [6.07, 6.45) is 8.19. The maximum Gasteiger partial charge on any atom is 0.119 e. The molecule has 2 heteroatoms. The molecule has 29 heavy (non-hydrogen) atoms. The first kappa shape index (κ1) is 27.3. The van der Waals surface area contributed by atoms with E-state index in [1.54, 1.807) is 18.2 Å². The normalized spacial score (nSPS) is 13.8. The van der Waals surface area contributed by atoms with Crippen molar-refractivity contribution in [1.82, 2.24) is 0 Å². The van der Waals surface area contributed by atoms with Gasteiger partial charge in [-0.05, 0) is 66.4 Å². The van der Waals surface area contributed by atoms with Crippen LogP contribution in [0.1, 0.15) is 73.3 Å². The molecule has 0 saturated heterocycles. The molecule has 0 bridgehead atoms. The second kappa shape index (κ2) is 12.8.